The summed E-state index contributed by atoms with van der Waals surface area (Å²) in [7, 11) is 0. The molecule has 158 valence electrons. The summed E-state index contributed by atoms with van der Waals surface area (Å²) >= 11 is 0. The minimum atomic E-state index is -0.660. The van der Waals surface area contributed by atoms with Crippen LogP contribution in [0.25, 0.3) is 0 Å². The van der Waals surface area contributed by atoms with Crippen LogP contribution in [0, 0.1) is 0 Å². The van der Waals surface area contributed by atoms with Crippen LogP contribution >= 0.6 is 0 Å². The first-order chi connectivity index (χ1) is 13.7. The molecule has 0 saturated carbocycles. The van der Waals surface area contributed by atoms with E-state index in [1.54, 1.807) is 0 Å². The molecule has 3 atom stereocenters. The molecule has 0 unspecified atom stereocenters. The normalized spacial score (nSPS) is 25.6. The number of para-hydroxylation sites is 1. The fraction of sp³-hybridized carbons (Fsp3) is 0.571. The zero-order valence-electron chi connectivity index (χ0n) is 17.6. The van der Waals surface area contributed by atoms with Gasteiger partial charge in [0.25, 0.3) is 5.91 Å². The van der Waals surface area contributed by atoms with Gasteiger partial charge < -0.3 is 15.8 Å². The quantitative estimate of drug-likeness (QED) is 0.744. The number of anilines is 1. The Hall–Kier alpha value is -2.45. The average Bonchev–Trinajstić information content (AvgIpc) is 3.12. The SMILES string of the molecule is C[C@@H]1CN(C(C)(C)CNC(=O)C2=NN(c3ccccc3)[C@@H](C(N)=O)C2)C[C@@H](C)O1. The van der Waals surface area contributed by atoms with Gasteiger partial charge in [-0.3, -0.25) is 19.5 Å². The van der Waals surface area contributed by atoms with Crippen LogP contribution in [0.5, 0.6) is 0 Å². The molecule has 3 N–H and O–H groups in total. The summed E-state index contributed by atoms with van der Waals surface area (Å²) in [4.78, 5) is 27.0. The van der Waals surface area contributed by atoms with Gasteiger partial charge in [0, 0.05) is 31.6 Å². The maximum absolute atomic E-state index is 12.8. The number of nitrogens with one attached hydrogen (secondary N) is 1. The van der Waals surface area contributed by atoms with Gasteiger partial charge in [0.1, 0.15) is 11.8 Å². The number of morpholine rings is 1. The van der Waals surface area contributed by atoms with E-state index in [0.29, 0.717) is 12.3 Å². The number of ether oxygens (including phenoxy) is 1. The molecule has 8 heteroatoms. The molecule has 0 radical (unpaired) electrons. The van der Waals surface area contributed by atoms with Crippen LogP contribution < -0.4 is 16.1 Å². The molecule has 1 saturated heterocycles. The number of amides is 2. The Kier molecular flexibility index (Phi) is 6.24. The fourth-order valence-corrected chi connectivity index (χ4v) is 3.87. The van der Waals surface area contributed by atoms with Gasteiger partial charge in [-0.05, 0) is 39.8 Å². The molecule has 1 aromatic carbocycles. The van der Waals surface area contributed by atoms with Gasteiger partial charge in [0.05, 0.1) is 17.9 Å². The van der Waals surface area contributed by atoms with Crippen molar-refractivity contribution in [2.24, 2.45) is 10.8 Å². The molecule has 0 aromatic heterocycles. The van der Waals surface area contributed by atoms with Crippen LogP contribution in [0.3, 0.4) is 0 Å². The van der Waals surface area contributed by atoms with Gasteiger partial charge in [-0.15, -0.1) is 0 Å². The standard InChI is InChI=1S/C21H31N5O3/c1-14-11-25(12-15(2)29-14)21(3,4)13-23-20(28)17-10-18(19(22)27)26(24-17)16-8-6-5-7-9-16/h5-9,14-15,18H,10-13H2,1-4H3,(H2,22,27)(H,23,28)/t14-,15-,18-/m1/s1. The van der Waals surface area contributed by atoms with Crippen molar-refractivity contribution < 1.29 is 14.3 Å². The van der Waals surface area contributed by atoms with E-state index in [-0.39, 0.29) is 30.1 Å². The van der Waals surface area contributed by atoms with E-state index in [9.17, 15) is 9.59 Å². The van der Waals surface area contributed by atoms with Crippen molar-refractivity contribution in [3.05, 3.63) is 30.3 Å². The highest BCUT2D eigenvalue weighted by molar-refractivity contribution is 6.40. The minimum Gasteiger partial charge on any atom is -0.373 e. The lowest BCUT2D eigenvalue weighted by atomic mass is 9.99. The van der Waals surface area contributed by atoms with E-state index in [2.05, 4.69) is 43.0 Å². The van der Waals surface area contributed by atoms with Crippen LogP contribution in [0.15, 0.2) is 35.4 Å². The van der Waals surface area contributed by atoms with Crippen molar-refractivity contribution in [2.45, 2.75) is 57.9 Å². The highest BCUT2D eigenvalue weighted by atomic mass is 16.5. The smallest absolute Gasteiger partial charge is 0.267 e. The Morgan fingerprint density at radius 2 is 1.83 bits per heavy atom. The molecule has 0 spiro atoms. The number of benzene rings is 1. The molecule has 29 heavy (non-hydrogen) atoms. The molecule has 3 rings (SSSR count). The van der Waals surface area contributed by atoms with Crippen molar-refractivity contribution in [2.75, 3.05) is 24.6 Å². The predicted octanol–water partition coefficient (Wildman–Crippen LogP) is 1.11. The Morgan fingerprint density at radius 1 is 1.21 bits per heavy atom. The Bertz CT molecular complexity index is 770. The van der Waals surface area contributed by atoms with Crippen LogP contribution in [0.4, 0.5) is 5.69 Å². The number of carbonyl (C=O) groups is 2. The van der Waals surface area contributed by atoms with Gasteiger partial charge in [0.15, 0.2) is 0 Å². The molecular formula is C21H31N5O3. The van der Waals surface area contributed by atoms with Crippen LogP contribution in [0.1, 0.15) is 34.1 Å². The highest BCUT2D eigenvalue weighted by Gasteiger charge is 2.37. The predicted molar refractivity (Wildman–Crippen MR) is 113 cm³/mol. The Balaban J connectivity index is 1.66. The summed E-state index contributed by atoms with van der Waals surface area (Å²) in [6, 6.07) is 8.61. The third kappa shape index (κ3) is 4.94. The third-order valence-electron chi connectivity index (χ3n) is 5.48. The van der Waals surface area contributed by atoms with E-state index < -0.39 is 11.9 Å². The van der Waals surface area contributed by atoms with Crippen molar-refractivity contribution in [1.29, 1.82) is 0 Å². The zero-order chi connectivity index (χ0) is 21.2. The van der Waals surface area contributed by atoms with Crippen molar-refractivity contribution in [3.63, 3.8) is 0 Å². The summed E-state index contributed by atoms with van der Waals surface area (Å²) in [5, 5.41) is 8.93. The number of nitrogens with zero attached hydrogens (tertiary/aromatic N) is 3. The lowest BCUT2D eigenvalue weighted by Gasteiger charge is -2.45. The number of primary amides is 1. The second kappa shape index (κ2) is 8.51. The molecular weight excluding hydrogens is 370 g/mol. The Morgan fingerprint density at radius 3 is 2.41 bits per heavy atom. The monoisotopic (exact) mass is 401 g/mol. The molecule has 2 heterocycles. The Labute approximate surface area is 172 Å². The van der Waals surface area contributed by atoms with Crippen LogP contribution in [-0.4, -0.2) is 65.8 Å². The number of carbonyl (C=O) groups excluding carboxylic acids is 2. The third-order valence-corrected chi connectivity index (χ3v) is 5.48. The lowest BCUT2D eigenvalue weighted by molar-refractivity contribution is -0.119. The second-order valence-corrected chi connectivity index (χ2v) is 8.51. The van der Waals surface area contributed by atoms with Gasteiger partial charge in [-0.1, -0.05) is 18.2 Å². The van der Waals surface area contributed by atoms with E-state index in [1.807, 2.05) is 30.3 Å². The summed E-state index contributed by atoms with van der Waals surface area (Å²) in [5.41, 5.74) is 6.37. The van der Waals surface area contributed by atoms with Crippen molar-refractivity contribution in [1.82, 2.24) is 10.2 Å². The molecule has 0 bridgehead atoms. The zero-order valence-corrected chi connectivity index (χ0v) is 17.6. The van der Waals surface area contributed by atoms with Gasteiger partial charge >= 0.3 is 0 Å². The summed E-state index contributed by atoms with van der Waals surface area (Å²) < 4.78 is 5.81. The number of hydrogen-bond acceptors (Lipinski definition) is 6. The van der Waals surface area contributed by atoms with E-state index in [1.165, 1.54) is 5.01 Å². The highest BCUT2D eigenvalue weighted by Crippen LogP contribution is 2.25. The number of hydrazone groups is 1. The van der Waals surface area contributed by atoms with Gasteiger partial charge in [-0.2, -0.15) is 5.10 Å². The maximum atomic E-state index is 12.8. The van der Waals surface area contributed by atoms with Gasteiger partial charge in [0.2, 0.25) is 5.91 Å². The van der Waals surface area contributed by atoms with E-state index >= 15 is 0 Å². The number of nitrogens with two attached hydrogens (primary N) is 1. The summed E-state index contributed by atoms with van der Waals surface area (Å²) in [5.74, 6) is -0.769. The van der Waals surface area contributed by atoms with Gasteiger partial charge in [-0.25, -0.2) is 0 Å². The molecule has 2 amide bonds. The van der Waals surface area contributed by atoms with E-state index in [4.69, 9.17) is 10.5 Å². The number of hydrogen-bond donors (Lipinski definition) is 2. The molecule has 2 aliphatic rings. The van der Waals surface area contributed by atoms with Crippen LogP contribution in [-0.2, 0) is 14.3 Å². The van der Waals surface area contributed by atoms with Crippen molar-refractivity contribution in [3.8, 4) is 0 Å². The topological polar surface area (TPSA) is 100 Å². The fourth-order valence-electron chi connectivity index (χ4n) is 3.87. The first-order valence-electron chi connectivity index (χ1n) is 10.1. The summed E-state index contributed by atoms with van der Waals surface area (Å²) in [6.07, 6.45) is 0.509. The molecule has 1 aromatic rings. The molecule has 1 fully saturated rings. The lowest BCUT2D eigenvalue weighted by Crippen LogP contribution is -2.59. The largest absolute Gasteiger partial charge is 0.373 e. The number of rotatable bonds is 6. The molecule has 0 aliphatic carbocycles. The summed E-state index contributed by atoms with van der Waals surface area (Å²) in [6.45, 7) is 10.4. The minimum absolute atomic E-state index is 0.156. The molecule has 8 nitrogen and oxygen atoms in total. The van der Waals surface area contributed by atoms with Crippen LogP contribution in [0.2, 0.25) is 0 Å². The average molecular weight is 402 g/mol. The van der Waals surface area contributed by atoms with Crippen molar-refractivity contribution >= 4 is 23.2 Å². The van der Waals surface area contributed by atoms with E-state index in [0.717, 1.165) is 18.8 Å². The first-order valence-corrected chi connectivity index (χ1v) is 10.1. The second-order valence-electron chi connectivity index (χ2n) is 8.51. The molecule has 2 aliphatic heterocycles. The first kappa shape index (κ1) is 21.3. The maximum Gasteiger partial charge on any atom is 0.267 e.